The van der Waals surface area contributed by atoms with E-state index >= 15 is 0 Å². The second-order valence-corrected chi connectivity index (χ2v) is 7.42. The van der Waals surface area contributed by atoms with E-state index in [1.165, 1.54) is 32.5 Å². The third-order valence-corrected chi connectivity index (χ3v) is 5.54. The first-order chi connectivity index (χ1) is 12.3. The summed E-state index contributed by atoms with van der Waals surface area (Å²) < 4.78 is 2.37. The molecular formula is C23H21NS. The molecule has 4 aromatic rings. The van der Waals surface area contributed by atoms with Crippen molar-refractivity contribution in [2.24, 2.45) is 0 Å². The maximum absolute atomic E-state index is 2.37. The molecule has 1 heterocycles. The maximum Gasteiger partial charge on any atom is 0.0495 e. The summed E-state index contributed by atoms with van der Waals surface area (Å²) in [7, 11) is 0. The van der Waals surface area contributed by atoms with Gasteiger partial charge in [0.2, 0.25) is 0 Å². The van der Waals surface area contributed by atoms with E-state index in [4.69, 9.17) is 0 Å². The molecule has 4 rings (SSSR count). The van der Waals surface area contributed by atoms with Crippen LogP contribution in [0, 0.1) is 6.92 Å². The van der Waals surface area contributed by atoms with Crippen molar-refractivity contribution in [3.63, 3.8) is 0 Å². The molecule has 0 radical (unpaired) electrons. The van der Waals surface area contributed by atoms with E-state index in [0.29, 0.717) is 0 Å². The van der Waals surface area contributed by atoms with Gasteiger partial charge in [0.25, 0.3) is 0 Å². The quantitative estimate of drug-likeness (QED) is 0.385. The van der Waals surface area contributed by atoms with Gasteiger partial charge in [0.05, 0.1) is 0 Å². The Bertz CT molecular complexity index is 985. The number of aromatic nitrogens is 1. The molecule has 1 nitrogen and oxygen atoms in total. The van der Waals surface area contributed by atoms with E-state index in [-0.39, 0.29) is 0 Å². The van der Waals surface area contributed by atoms with E-state index in [0.717, 1.165) is 12.3 Å². The number of hydrogen-bond donors (Lipinski definition) is 0. The number of para-hydroxylation sites is 1. The van der Waals surface area contributed by atoms with Crippen molar-refractivity contribution in [2.75, 3.05) is 0 Å². The molecule has 0 bridgehead atoms. The van der Waals surface area contributed by atoms with E-state index < -0.39 is 0 Å². The summed E-state index contributed by atoms with van der Waals surface area (Å²) in [6, 6.07) is 28.2. The average Bonchev–Trinajstić information content (AvgIpc) is 2.99. The minimum absolute atomic E-state index is 0.911. The van der Waals surface area contributed by atoms with Crippen molar-refractivity contribution in [2.45, 2.75) is 24.1 Å². The Morgan fingerprint density at radius 1 is 0.800 bits per heavy atom. The van der Waals surface area contributed by atoms with Gasteiger partial charge in [-0.25, -0.2) is 0 Å². The Labute approximate surface area is 153 Å². The molecule has 0 saturated carbocycles. The smallest absolute Gasteiger partial charge is 0.0495 e. The molecule has 0 saturated heterocycles. The molecule has 2 heteroatoms. The molecule has 0 fully saturated rings. The second kappa shape index (κ2) is 7.20. The van der Waals surface area contributed by atoms with Crippen LogP contribution in [0.1, 0.15) is 16.7 Å². The molecule has 0 N–H and O–H groups in total. The summed E-state index contributed by atoms with van der Waals surface area (Å²) in [6.45, 7) is 3.06. The van der Waals surface area contributed by atoms with Crippen LogP contribution >= 0.6 is 11.8 Å². The van der Waals surface area contributed by atoms with Gasteiger partial charge in [0, 0.05) is 34.3 Å². The van der Waals surface area contributed by atoms with Gasteiger partial charge < -0.3 is 4.57 Å². The van der Waals surface area contributed by atoms with Crippen LogP contribution in [0.2, 0.25) is 0 Å². The number of fused-ring (bicyclic) bond motifs is 1. The molecule has 0 aliphatic heterocycles. The molecule has 0 aliphatic rings. The van der Waals surface area contributed by atoms with E-state index in [2.05, 4.69) is 96.6 Å². The fraction of sp³-hybridized carbons (Fsp3) is 0.130. The van der Waals surface area contributed by atoms with Crippen LogP contribution < -0.4 is 0 Å². The Kier molecular flexibility index (Phi) is 4.62. The Morgan fingerprint density at radius 3 is 2.40 bits per heavy atom. The topological polar surface area (TPSA) is 4.93 Å². The van der Waals surface area contributed by atoms with Gasteiger partial charge >= 0.3 is 0 Å². The standard InChI is InChI=1S/C23H21NS/c1-18-8-7-11-20(14-18)15-24-16-23(21-12-5-6-13-22(21)24)25-17-19-9-3-2-4-10-19/h2-14,16H,15,17H2,1H3. The van der Waals surface area contributed by atoms with Crippen LogP contribution in [0.25, 0.3) is 10.9 Å². The third-order valence-electron chi connectivity index (χ3n) is 4.42. The molecule has 0 spiro atoms. The van der Waals surface area contributed by atoms with Gasteiger partial charge in [-0.05, 0) is 24.1 Å². The normalized spacial score (nSPS) is 11.1. The number of nitrogens with zero attached hydrogens (tertiary/aromatic N) is 1. The molecule has 1 aromatic heterocycles. The van der Waals surface area contributed by atoms with Crippen LogP contribution in [-0.4, -0.2) is 4.57 Å². The van der Waals surface area contributed by atoms with Crippen molar-refractivity contribution in [1.82, 2.24) is 4.57 Å². The van der Waals surface area contributed by atoms with Gasteiger partial charge in [-0.1, -0.05) is 78.4 Å². The van der Waals surface area contributed by atoms with Crippen LogP contribution in [0.4, 0.5) is 0 Å². The maximum atomic E-state index is 2.37. The Balaban J connectivity index is 1.64. The molecular weight excluding hydrogens is 322 g/mol. The molecule has 0 atom stereocenters. The van der Waals surface area contributed by atoms with E-state index in [9.17, 15) is 0 Å². The molecule has 0 aliphatic carbocycles. The summed E-state index contributed by atoms with van der Waals surface area (Å²) in [5.41, 5.74) is 5.33. The van der Waals surface area contributed by atoms with Crippen molar-refractivity contribution in [3.8, 4) is 0 Å². The molecule has 0 amide bonds. The second-order valence-electron chi connectivity index (χ2n) is 6.40. The zero-order valence-corrected chi connectivity index (χ0v) is 15.2. The lowest BCUT2D eigenvalue weighted by Crippen LogP contribution is -1.97. The highest BCUT2D eigenvalue weighted by molar-refractivity contribution is 7.98. The summed E-state index contributed by atoms with van der Waals surface area (Å²) in [4.78, 5) is 1.35. The number of rotatable bonds is 5. The monoisotopic (exact) mass is 343 g/mol. The van der Waals surface area contributed by atoms with Gasteiger partial charge in [0.1, 0.15) is 0 Å². The predicted octanol–water partition coefficient (Wildman–Crippen LogP) is 6.29. The SMILES string of the molecule is Cc1cccc(Cn2cc(SCc3ccccc3)c3ccccc32)c1. The molecule has 3 aromatic carbocycles. The molecule has 124 valence electrons. The highest BCUT2D eigenvalue weighted by Gasteiger charge is 2.09. The van der Waals surface area contributed by atoms with E-state index in [1.54, 1.807) is 0 Å². The minimum Gasteiger partial charge on any atom is -0.342 e. The van der Waals surface area contributed by atoms with Gasteiger partial charge in [-0.15, -0.1) is 11.8 Å². The van der Waals surface area contributed by atoms with Crippen LogP contribution in [-0.2, 0) is 12.3 Å². The average molecular weight is 343 g/mol. The van der Waals surface area contributed by atoms with Crippen molar-refractivity contribution >= 4 is 22.7 Å². The van der Waals surface area contributed by atoms with Gasteiger partial charge in [-0.2, -0.15) is 0 Å². The first kappa shape index (κ1) is 16.0. The van der Waals surface area contributed by atoms with Gasteiger partial charge in [-0.3, -0.25) is 0 Å². The van der Waals surface area contributed by atoms with Gasteiger partial charge in [0.15, 0.2) is 0 Å². The van der Waals surface area contributed by atoms with Crippen LogP contribution in [0.3, 0.4) is 0 Å². The van der Waals surface area contributed by atoms with Crippen LogP contribution in [0.5, 0.6) is 0 Å². The zero-order valence-electron chi connectivity index (χ0n) is 14.4. The van der Waals surface area contributed by atoms with Crippen LogP contribution in [0.15, 0.2) is 90.0 Å². The lowest BCUT2D eigenvalue weighted by molar-refractivity contribution is 0.829. The third kappa shape index (κ3) is 3.64. The lowest BCUT2D eigenvalue weighted by atomic mass is 10.1. The number of aryl methyl sites for hydroxylation is 1. The zero-order chi connectivity index (χ0) is 17.1. The number of hydrogen-bond acceptors (Lipinski definition) is 1. The molecule has 25 heavy (non-hydrogen) atoms. The first-order valence-corrected chi connectivity index (χ1v) is 9.58. The highest BCUT2D eigenvalue weighted by atomic mass is 32.2. The highest BCUT2D eigenvalue weighted by Crippen LogP contribution is 2.32. The summed E-state index contributed by atoms with van der Waals surface area (Å²) in [5, 5.41) is 1.34. The molecule has 0 unspecified atom stereocenters. The minimum atomic E-state index is 0.911. The van der Waals surface area contributed by atoms with E-state index in [1.807, 2.05) is 11.8 Å². The number of thioether (sulfide) groups is 1. The summed E-state index contributed by atoms with van der Waals surface area (Å²) in [6.07, 6.45) is 2.31. The summed E-state index contributed by atoms with van der Waals surface area (Å²) in [5.74, 6) is 0.999. The van der Waals surface area contributed by atoms with Crippen molar-refractivity contribution in [3.05, 3.63) is 102 Å². The van der Waals surface area contributed by atoms with Crippen molar-refractivity contribution in [1.29, 1.82) is 0 Å². The van der Waals surface area contributed by atoms with Crippen molar-refractivity contribution < 1.29 is 0 Å². The fourth-order valence-electron chi connectivity index (χ4n) is 3.20. The Hall–Kier alpha value is -2.45. The largest absolute Gasteiger partial charge is 0.342 e. The lowest BCUT2D eigenvalue weighted by Gasteiger charge is -2.06. The Morgan fingerprint density at radius 2 is 1.56 bits per heavy atom. The fourth-order valence-corrected chi connectivity index (χ4v) is 4.25. The summed E-state index contributed by atoms with van der Waals surface area (Å²) >= 11 is 1.92. The number of benzene rings is 3. The predicted molar refractivity (Wildman–Crippen MR) is 108 cm³/mol. The first-order valence-electron chi connectivity index (χ1n) is 8.60.